The van der Waals surface area contributed by atoms with Gasteiger partial charge in [-0.2, -0.15) is 0 Å². The zero-order valence-electron chi connectivity index (χ0n) is 13.6. The Kier molecular flexibility index (Phi) is 4.92. The van der Waals surface area contributed by atoms with E-state index in [1.807, 2.05) is 24.3 Å². The molecule has 5 nitrogen and oxygen atoms in total. The van der Waals surface area contributed by atoms with E-state index in [1.54, 1.807) is 19.2 Å². The number of benzene rings is 2. The first-order chi connectivity index (χ1) is 12.4. The van der Waals surface area contributed by atoms with Gasteiger partial charge in [0.2, 0.25) is 0 Å². The van der Waals surface area contributed by atoms with Gasteiger partial charge in [0.15, 0.2) is 5.82 Å². The smallest absolute Gasteiger partial charge is 0.497 e. The van der Waals surface area contributed by atoms with Crippen molar-refractivity contribution in [3.05, 3.63) is 60.7 Å². The van der Waals surface area contributed by atoms with Gasteiger partial charge in [-0.25, -0.2) is 0 Å². The zero-order valence-corrected chi connectivity index (χ0v) is 13.6. The molecule has 1 aromatic heterocycles. The number of hydrogen-bond donors (Lipinski definition) is 1. The van der Waals surface area contributed by atoms with E-state index in [0.29, 0.717) is 17.2 Å². The topological polar surface area (TPSA) is 56.3 Å². The third-order valence-corrected chi connectivity index (χ3v) is 3.41. The van der Waals surface area contributed by atoms with E-state index in [9.17, 15) is 13.2 Å². The SMILES string of the molecule is COc1ccc(-c2ccc(Nc3ccc(OC(F)(F)F)cc3)nn2)cc1. The molecule has 134 valence electrons. The lowest BCUT2D eigenvalue weighted by Crippen LogP contribution is -2.16. The minimum absolute atomic E-state index is 0.288. The molecule has 26 heavy (non-hydrogen) atoms. The second-order valence-electron chi connectivity index (χ2n) is 5.23. The second kappa shape index (κ2) is 7.30. The minimum Gasteiger partial charge on any atom is -0.497 e. The van der Waals surface area contributed by atoms with Gasteiger partial charge in [-0.15, -0.1) is 23.4 Å². The summed E-state index contributed by atoms with van der Waals surface area (Å²) in [4.78, 5) is 0. The van der Waals surface area contributed by atoms with E-state index < -0.39 is 6.36 Å². The van der Waals surface area contributed by atoms with Crippen LogP contribution in [0.4, 0.5) is 24.7 Å². The first kappa shape index (κ1) is 17.5. The third kappa shape index (κ3) is 4.62. The first-order valence-corrected chi connectivity index (χ1v) is 7.54. The lowest BCUT2D eigenvalue weighted by Gasteiger charge is -2.10. The molecule has 0 aliphatic heterocycles. The van der Waals surface area contributed by atoms with Crippen LogP contribution < -0.4 is 14.8 Å². The van der Waals surface area contributed by atoms with Gasteiger partial charge < -0.3 is 14.8 Å². The molecule has 3 rings (SSSR count). The Morgan fingerprint density at radius 3 is 2.00 bits per heavy atom. The Balaban J connectivity index is 1.67. The molecule has 0 aliphatic carbocycles. The molecule has 3 aromatic rings. The van der Waals surface area contributed by atoms with Gasteiger partial charge in [-0.05, 0) is 60.7 Å². The Labute approximate surface area is 147 Å². The minimum atomic E-state index is -4.71. The van der Waals surface area contributed by atoms with E-state index >= 15 is 0 Å². The van der Waals surface area contributed by atoms with Gasteiger partial charge >= 0.3 is 6.36 Å². The maximum Gasteiger partial charge on any atom is 0.573 e. The fourth-order valence-corrected chi connectivity index (χ4v) is 2.20. The molecule has 0 fully saturated rings. The average Bonchev–Trinajstić information content (AvgIpc) is 2.63. The molecule has 0 saturated carbocycles. The quantitative estimate of drug-likeness (QED) is 0.708. The largest absolute Gasteiger partial charge is 0.573 e. The molecule has 0 bridgehead atoms. The number of nitrogens with zero attached hydrogens (tertiary/aromatic N) is 2. The summed E-state index contributed by atoms with van der Waals surface area (Å²) in [5.41, 5.74) is 2.14. The maximum atomic E-state index is 12.1. The van der Waals surface area contributed by atoms with Crippen molar-refractivity contribution in [3.8, 4) is 22.8 Å². The number of hydrogen-bond acceptors (Lipinski definition) is 5. The summed E-state index contributed by atoms with van der Waals surface area (Å²) in [6, 6.07) is 16.3. The number of nitrogens with one attached hydrogen (secondary N) is 1. The average molecular weight is 361 g/mol. The molecular weight excluding hydrogens is 347 g/mol. The Bertz CT molecular complexity index is 849. The van der Waals surface area contributed by atoms with Crippen molar-refractivity contribution < 1.29 is 22.6 Å². The number of rotatable bonds is 5. The summed E-state index contributed by atoms with van der Waals surface area (Å²) in [6.45, 7) is 0. The number of ether oxygens (including phenoxy) is 2. The van der Waals surface area contributed by atoms with Crippen molar-refractivity contribution in [2.24, 2.45) is 0 Å². The van der Waals surface area contributed by atoms with Gasteiger partial charge in [0.25, 0.3) is 0 Å². The van der Waals surface area contributed by atoms with Crippen LogP contribution in [0.3, 0.4) is 0 Å². The van der Waals surface area contributed by atoms with Crippen LogP contribution in [0.25, 0.3) is 11.3 Å². The predicted molar refractivity (Wildman–Crippen MR) is 90.4 cm³/mol. The number of anilines is 2. The molecule has 8 heteroatoms. The highest BCUT2D eigenvalue weighted by Crippen LogP contribution is 2.25. The molecule has 0 aliphatic rings. The molecule has 2 aromatic carbocycles. The van der Waals surface area contributed by atoms with Crippen LogP contribution in [-0.2, 0) is 0 Å². The van der Waals surface area contributed by atoms with Crippen LogP contribution in [0.15, 0.2) is 60.7 Å². The number of halogens is 3. The molecule has 1 N–H and O–H groups in total. The highest BCUT2D eigenvalue weighted by atomic mass is 19.4. The van der Waals surface area contributed by atoms with Crippen molar-refractivity contribution in [2.75, 3.05) is 12.4 Å². The van der Waals surface area contributed by atoms with E-state index in [4.69, 9.17) is 4.74 Å². The van der Waals surface area contributed by atoms with Gasteiger partial charge in [-0.1, -0.05) is 0 Å². The van der Waals surface area contributed by atoms with Gasteiger partial charge in [0.05, 0.1) is 12.8 Å². The Hall–Kier alpha value is -3.29. The molecular formula is C18H14F3N3O2. The second-order valence-corrected chi connectivity index (χ2v) is 5.23. The fourth-order valence-electron chi connectivity index (χ4n) is 2.20. The highest BCUT2D eigenvalue weighted by molar-refractivity contribution is 5.62. The number of methoxy groups -OCH3 is 1. The van der Waals surface area contributed by atoms with Crippen molar-refractivity contribution >= 4 is 11.5 Å². The first-order valence-electron chi connectivity index (χ1n) is 7.54. The molecule has 0 saturated heterocycles. The van der Waals surface area contributed by atoms with Crippen molar-refractivity contribution in [3.63, 3.8) is 0 Å². The number of aromatic nitrogens is 2. The van der Waals surface area contributed by atoms with Crippen LogP contribution in [0.2, 0.25) is 0 Å². The summed E-state index contributed by atoms with van der Waals surface area (Å²) in [7, 11) is 1.59. The standard InChI is InChI=1S/C18H14F3N3O2/c1-25-14-6-2-12(3-7-14)16-10-11-17(24-23-16)22-13-4-8-15(9-5-13)26-18(19,20)21/h2-11H,1H3,(H,22,24). The zero-order chi connectivity index (χ0) is 18.6. The van der Waals surface area contributed by atoms with Crippen LogP contribution >= 0.6 is 0 Å². The summed E-state index contributed by atoms with van der Waals surface area (Å²) in [5, 5.41) is 11.2. The van der Waals surface area contributed by atoms with Gasteiger partial charge in [-0.3, -0.25) is 0 Å². The van der Waals surface area contributed by atoms with E-state index in [1.165, 1.54) is 24.3 Å². The van der Waals surface area contributed by atoms with Crippen LogP contribution in [0.1, 0.15) is 0 Å². The molecule has 1 heterocycles. The molecule has 0 spiro atoms. The van der Waals surface area contributed by atoms with E-state index in [2.05, 4.69) is 20.3 Å². The van der Waals surface area contributed by atoms with Crippen molar-refractivity contribution in [1.82, 2.24) is 10.2 Å². The predicted octanol–water partition coefficient (Wildman–Crippen LogP) is 4.79. The van der Waals surface area contributed by atoms with Gasteiger partial charge in [0.1, 0.15) is 11.5 Å². The maximum absolute atomic E-state index is 12.1. The number of alkyl halides is 3. The van der Waals surface area contributed by atoms with Crippen LogP contribution in [0.5, 0.6) is 11.5 Å². The van der Waals surface area contributed by atoms with Crippen LogP contribution in [0, 0.1) is 0 Å². The molecule has 0 amide bonds. The van der Waals surface area contributed by atoms with E-state index in [-0.39, 0.29) is 5.75 Å². The molecule has 0 unspecified atom stereocenters. The fraction of sp³-hybridized carbons (Fsp3) is 0.111. The highest BCUT2D eigenvalue weighted by Gasteiger charge is 2.30. The van der Waals surface area contributed by atoms with Crippen molar-refractivity contribution in [2.45, 2.75) is 6.36 Å². The molecule has 0 radical (unpaired) electrons. The Morgan fingerprint density at radius 1 is 0.808 bits per heavy atom. The van der Waals surface area contributed by atoms with Gasteiger partial charge in [0, 0.05) is 11.3 Å². The summed E-state index contributed by atoms with van der Waals surface area (Å²) in [5.74, 6) is 0.925. The lowest BCUT2D eigenvalue weighted by molar-refractivity contribution is -0.274. The summed E-state index contributed by atoms with van der Waals surface area (Å²) >= 11 is 0. The summed E-state index contributed by atoms with van der Waals surface area (Å²) in [6.07, 6.45) is -4.71. The summed E-state index contributed by atoms with van der Waals surface area (Å²) < 4.78 is 45.4. The monoisotopic (exact) mass is 361 g/mol. The Morgan fingerprint density at radius 2 is 1.46 bits per heavy atom. The molecule has 0 atom stereocenters. The lowest BCUT2D eigenvalue weighted by atomic mass is 10.1. The van der Waals surface area contributed by atoms with Crippen molar-refractivity contribution in [1.29, 1.82) is 0 Å². The normalized spacial score (nSPS) is 11.1. The third-order valence-electron chi connectivity index (χ3n) is 3.41. The van der Waals surface area contributed by atoms with Crippen LogP contribution in [-0.4, -0.2) is 23.7 Å². The van der Waals surface area contributed by atoms with E-state index in [0.717, 1.165) is 11.3 Å².